The van der Waals surface area contributed by atoms with Crippen LogP contribution in [0.3, 0.4) is 0 Å². The van der Waals surface area contributed by atoms with Crippen LogP contribution < -0.4 is 9.64 Å². The fourth-order valence-corrected chi connectivity index (χ4v) is 5.94. The molecule has 0 aromatic heterocycles. The minimum Gasteiger partial charge on any atom is -0.485 e. The van der Waals surface area contributed by atoms with Crippen LogP contribution in [0.25, 0.3) is 0 Å². The standard InChI is InChI=1S/C29H38N2O3/c1-6-30(7-2)22-14-16-25-27(18-22)34-28-19-23(31(8-3)9-4)15-17-26(28)29(25,33-5)24-13-11-10-12-21(24)20-32/h10-21,24-25,27H,6-9H2,1-5H3/t21-,24-,25-,27+,29-/m1/s1. The molecule has 0 spiro atoms. The van der Waals surface area contributed by atoms with Gasteiger partial charge in [-0.3, -0.25) is 0 Å². The molecule has 34 heavy (non-hydrogen) atoms. The number of carbonyl (C=O) groups is 1. The van der Waals surface area contributed by atoms with Crippen molar-refractivity contribution >= 4 is 12.0 Å². The highest BCUT2D eigenvalue weighted by Gasteiger charge is 2.55. The summed E-state index contributed by atoms with van der Waals surface area (Å²) in [7, 11) is 1.77. The van der Waals surface area contributed by atoms with Crippen LogP contribution in [0, 0.1) is 17.8 Å². The monoisotopic (exact) mass is 462 g/mol. The quantitative estimate of drug-likeness (QED) is 0.478. The number of anilines is 1. The molecule has 0 radical (unpaired) electrons. The Balaban J connectivity index is 1.89. The Labute approximate surface area is 204 Å². The summed E-state index contributed by atoms with van der Waals surface area (Å²) in [6, 6.07) is 6.45. The molecule has 5 heteroatoms. The summed E-state index contributed by atoms with van der Waals surface area (Å²) in [4.78, 5) is 16.8. The van der Waals surface area contributed by atoms with Crippen molar-refractivity contribution in [2.24, 2.45) is 17.8 Å². The van der Waals surface area contributed by atoms with Gasteiger partial charge < -0.3 is 24.1 Å². The third-order valence-electron chi connectivity index (χ3n) is 7.73. The topological polar surface area (TPSA) is 42.0 Å². The molecule has 0 saturated carbocycles. The Morgan fingerprint density at radius 1 is 0.971 bits per heavy atom. The normalized spacial score (nSPS) is 29.0. The second kappa shape index (κ2) is 10.2. The average Bonchev–Trinajstić information content (AvgIpc) is 2.88. The molecule has 0 fully saturated rings. The maximum atomic E-state index is 12.2. The number of methoxy groups -OCH3 is 1. The van der Waals surface area contributed by atoms with Crippen molar-refractivity contribution in [2.45, 2.75) is 39.4 Å². The van der Waals surface area contributed by atoms with Crippen LogP contribution in [0.15, 0.2) is 66.4 Å². The van der Waals surface area contributed by atoms with E-state index < -0.39 is 5.60 Å². The molecule has 3 aliphatic rings. The highest BCUT2D eigenvalue weighted by molar-refractivity contribution is 5.62. The molecule has 1 aromatic rings. The third-order valence-corrected chi connectivity index (χ3v) is 7.73. The molecule has 1 aromatic carbocycles. The molecular formula is C29H38N2O3. The molecule has 0 bridgehead atoms. The lowest BCUT2D eigenvalue weighted by Gasteiger charge is -2.52. The lowest BCUT2D eigenvalue weighted by atomic mass is 9.63. The van der Waals surface area contributed by atoms with Crippen LogP contribution in [-0.4, -0.2) is 50.6 Å². The van der Waals surface area contributed by atoms with Crippen LogP contribution >= 0.6 is 0 Å². The van der Waals surface area contributed by atoms with E-state index in [0.29, 0.717) is 0 Å². The van der Waals surface area contributed by atoms with Crippen LogP contribution in [0.2, 0.25) is 0 Å². The van der Waals surface area contributed by atoms with E-state index in [4.69, 9.17) is 9.47 Å². The summed E-state index contributed by atoms with van der Waals surface area (Å²) in [5, 5.41) is 0. The molecule has 0 unspecified atom stereocenters. The smallest absolute Gasteiger partial charge is 0.129 e. The largest absolute Gasteiger partial charge is 0.485 e. The number of hydrogen-bond donors (Lipinski definition) is 0. The lowest BCUT2D eigenvalue weighted by Crippen LogP contribution is -2.54. The van der Waals surface area contributed by atoms with Crippen LogP contribution in [0.1, 0.15) is 33.3 Å². The maximum absolute atomic E-state index is 12.2. The van der Waals surface area contributed by atoms with Crippen molar-refractivity contribution in [3.05, 3.63) is 72.0 Å². The molecule has 5 atom stereocenters. The predicted molar refractivity (Wildman–Crippen MR) is 138 cm³/mol. The number of rotatable bonds is 9. The molecule has 1 heterocycles. The van der Waals surface area contributed by atoms with Crippen molar-refractivity contribution in [1.29, 1.82) is 0 Å². The van der Waals surface area contributed by atoms with E-state index in [2.05, 4.69) is 80.0 Å². The van der Waals surface area contributed by atoms with Gasteiger partial charge in [0, 0.05) is 68.1 Å². The number of carbonyl (C=O) groups excluding carboxylic acids is 1. The Bertz CT molecular complexity index is 1000. The van der Waals surface area contributed by atoms with Crippen molar-refractivity contribution < 1.29 is 14.3 Å². The summed E-state index contributed by atoms with van der Waals surface area (Å²) >= 11 is 0. The minimum absolute atomic E-state index is 0.0628. The number of hydrogen-bond acceptors (Lipinski definition) is 5. The van der Waals surface area contributed by atoms with Crippen molar-refractivity contribution in [2.75, 3.05) is 38.2 Å². The molecule has 4 rings (SSSR count). The molecule has 0 amide bonds. The Morgan fingerprint density at radius 3 is 2.32 bits per heavy atom. The second-order valence-corrected chi connectivity index (χ2v) is 9.09. The van der Waals surface area contributed by atoms with Crippen LogP contribution in [0.4, 0.5) is 5.69 Å². The summed E-state index contributed by atoms with van der Waals surface area (Å²) < 4.78 is 13.2. The van der Waals surface area contributed by atoms with Crippen molar-refractivity contribution in [1.82, 2.24) is 4.90 Å². The first kappa shape index (κ1) is 24.3. The zero-order chi connectivity index (χ0) is 24.3. The molecule has 0 saturated heterocycles. The van der Waals surface area contributed by atoms with E-state index in [0.717, 1.165) is 49.5 Å². The van der Waals surface area contributed by atoms with Gasteiger partial charge in [0.1, 0.15) is 23.7 Å². The fraction of sp³-hybridized carbons (Fsp3) is 0.483. The van der Waals surface area contributed by atoms with Gasteiger partial charge in [-0.15, -0.1) is 0 Å². The molecule has 0 N–H and O–H groups in total. The summed E-state index contributed by atoms with van der Waals surface area (Å²) in [5.41, 5.74) is 2.59. The van der Waals surface area contributed by atoms with Crippen LogP contribution in [-0.2, 0) is 15.1 Å². The van der Waals surface area contributed by atoms with E-state index in [1.165, 1.54) is 5.70 Å². The number of fused-ring (bicyclic) bond motifs is 2. The number of ether oxygens (including phenoxy) is 2. The SMILES string of the molecule is CCN(CC)C1=C[C@@H]2Oc3cc(N(CC)CC)ccc3[C@@](OC)([C@@H]3C=CC=C[C@@H]3C=O)[C@@H]2C=C1. The zero-order valence-electron chi connectivity index (χ0n) is 21.1. The van der Waals surface area contributed by atoms with E-state index >= 15 is 0 Å². The van der Waals surface area contributed by atoms with Crippen LogP contribution in [0.5, 0.6) is 5.75 Å². The first-order valence-electron chi connectivity index (χ1n) is 12.6. The van der Waals surface area contributed by atoms with Gasteiger partial charge in [-0.05, 0) is 45.9 Å². The molecule has 1 aliphatic heterocycles. The Hall–Kier alpha value is -2.79. The second-order valence-electron chi connectivity index (χ2n) is 9.09. The fourth-order valence-electron chi connectivity index (χ4n) is 5.94. The number of benzene rings is 1. The Morgan fingerprint density at radius 2 is 1.68 bits per heavy atom. The number of aldehydes is 1. The average molecular weight is 463 g/mol. The number of likely N-dealkylation sites (N-methyl/N-ethyl adjacent to an activating group) is 1. The summed E-state index contributed by atoms with van der Waals surface area (Å²) in [6.45, 7) is 12.4. The first-order valence-corrected chi connectivity index (χ1v) is 12.6. The van der Waals surface area contributed by atoms with Gasteiger partial charge in [-0.1, -0.05) is 36.4 Å². The highest BCUT2D eigenvalue weighted by atomic mass is 16.5. The third kappa shape index (κ3) is 3.90. The van der Waals surface area contributed by atoms with Gasteiger partial charge in [0.15, 0.2) is 0 Å². The van der Waals surface area contributed by atoms with Gasteiger partial charge in [0.25, 0.3) is 0 Å². The van der Waals surface area contributed by atoms with Gasteiger partial charge in [0.05, 0.1) is 5.92 Å². The van der Waals surface area contributed by atoms with Gasteiger partial charge in [0.2, 0.25) is 0 Å². The van der Waals surface area contributed by atoms with Crippen molar-refractivity contribution in [3.63, 3.8) is 0 Å². The van der Waals surface area contributed by atoms with Gasteiger partial charge in [-0.2, -0.15) is 0 Å². The first-order chi connectivity index (χ1) is 16.6. The predicted octanol–water partition coefficient (Wildman–Crippen LogP) is 5.10. The number of allylic oxidation sites excluding steroid dienone is 4. The van der Waals surface area contributed by atoms with E-state index in [9.17, 15) is 4.79 Å². The number of nitrogens with zero attached hydrogens (tertiary/aromatic N) is 2. The summed E-state index contributed by atoms with van der Waals surface area (Å²) in [6.07, 6.45) is 15.6. The molecule has 2 aliphatic carbocycles. The highest BCUT2D eigenvalue weighted by Crippen LogP contribution is 2.55. The molecule has 5 nitrogen and oxygen atoms in total. The minimum atomic E-state index is -0.728. The van der Waals surface area contributed by atoms with Gasteiger partial charge >= 0.3 is 0 Å². The van der Waals surface area contributed by atoms with E-state index in [1.54, 1.807) is 7.11 Å². The molecular weight excluding hydrogens is 424 g/mol. The lowest BCUT2D eigenvalue weighted by molar-refractivity contribution is -0.135. The Kier molecular flexibility index (Phi) is 7.32. The maximum Gasteiger partial charge on any atom is 0.129 e. The van der Waals surface area contributed by atoms with E-state index in [1.807, 2.05) is 18.2 Å². The van der Waals surface area contributed by atoms with E-state index in [-0.39, 0.29) is 23.9 Å². The zero-order valence-corrected chi connectivity index (χ0v) is 21.1. The molecule has 182 valence electrons. The van der Waals surface area contributed by atoms with Gasteiger partial charge in [-0.25, -0.2) is 0 Å². The summed E-state index contributed by atoms with van der Waals surface area (Å²) in [5.74, 6) is 0.376. The van der Waals surface area contributed by atoms with Crippen molar-refractivity contribution in [3.8, 4) is 5.75 Å².